The van der Waals surface area contributed by atoms with E-state index in [2.05, 4.69) is 10.6 Å². The van der Waals surface area contributed by atoms with Crippen molar-refractivity contribution in [2.45, 2.75) is 36.9 Å². The molecule has 0 aromatic heterocycles. The molecule has 4 rings (SSSR count). The summed E-state index contributed by atoms with van der Waals surface area (Å²) < 4.78 is 25.9. The first-order valence-corrected chi connectivity index (χ1v) is 10.5. The predicted octanol–water partition coefficient (Wildman–Crippen LogP) is 1.18. The lowest BCUT2D eigenvalue weighted by Gasteiger charge is -2.29. The Morgan fingerprint density at radius 3 is 2.70 bits per heavy atom. The Bertz CT molecular complexity index is 1090. The highest BCUT2D eigenvalue weighted by Crippen LogP contribution is 2.32. The maximum absolute atomic E-state index is 14.5. The van der Waals surface area contributed by atoms with Gasteiger partial charge in [0.05, 0.1) is 4.90 Å². The summed E-state index contributed by atoms with van der Waals surface area (Å²) in [6, 6.07) is 8.94. The third-order valence-electron chi connectivity index (χ3n) is 5.31. The molecule has 0 spiro atoms. The van der Waals surface area contributed by atoms with Crippen LogP contribution in [0.3, 0.4) is 0 Å². The maximum atomic E-state index is 14.5. The molecule has 156 valence electrons. The average Bonchev–Trinajstić information content (AvgIpc) is 3.04. The van der Waals surface area contributed by atoms with Gasteiger partial charge in [-0.2, -0.15) is 0 Å². The quantitative estimate of drug-likeness (QED) is 0.615. The van der Waals surface area contributed by atoms with Gasteiger partial charge in [0, 0.05) is 41.9 Å². The molecule has 30 heavy (non-hydrogen) atoms. The molecular weight excluding hydrogens is 411 g/mol. The molecule has 1 unspecified atom stereocenters. The molecule has 2 heterocycles. The molecule has 2 atom stereocenters. The fourth-order valence-corrected chi connectivity index (χ4v) is 4.31. The Kier molecular flexibility index (Phi) is 5.35. The zero-order valence-electron chi connectivity index (χ0n) is 15.8. The SMILES string of the molecule is NS(=O)c1cccc(CNc2cccc3c2CN([C@H]2CCC(=O)NC2=O)C3=O)c1F. The van der Waals surface area contributed by atoms with E-state index < -0.39 is 28.8 Å². The molecule has 2 aromatic carbocycles. The average molecular weight is 430 g/mol. The first-order valence-electron chi connectivity index (χ1n) is 9.31. The van der Waals surface area contributed by atoms with Gasteiger partial charge in [0.15, 0.2) is 0 Å². The Balaban J connectivity index is 1.55. The van der Waals surface area contributed by atoms with Crippen molar-refractivity contribution in [3.05, 3.63) is 58.9 Å². The van der Waals surface area contributed by atoms with Crippen LogP contribution in [0.1, 0.15) is 34.3 Å². The van der Waals surface area contributed by atoms with E-state index in [0.29, 0.717) is 16.8 Å². The van der Waals surface area contributed by atoms with Gasteiger partial charge in [-0.25, -0.2) is 13.7 Å². The second-order valence-corrected chi connectivity index (χ2v) is 8.15. The van der Waals surface area contributed by atoms with Crippen molar-refractivity contribution in [2.75, 3.05) is 5.32 Å². The largest absolute Gasteiger partial charge is 0.381 e. The van der Waals surface area contributed by atoms with Crippen LogP contribution in [0.15, 0.2) is 41.3 Å². The number of nitrogens with zero attached hydrogens (tertiary/aromatic N) is 1. The van der Waals surface area contributed by atoms with Crippen molar-refractivity contribution in [1.29, 1.82) is 0 Å². The third-order valence-corrected chi connectivity index (χ3v) is 6.06. The van der Waals surface area contributed by atoms with E-state index in [-0.39, 0.29) is 48.2 Å². The summed E-state index contributed by atoms with van der Waals surface area (Å²) in [4.78, 5) is 37.8. The van der Waals surface area contributed by atoms with Crippen LogP contribution < -0.4 is 15.8 Å². The molecule has 0 bridgehead atoms. The first-order chi connectivity index (χ1) is 14.4. The number of carbonyl (C=O) groups excluding carboxylic acids is 3. The summed E-state index contributed by atoms with van der Waals surface area (Å²) in [5.74, 6) is -1.74. The van der Waals surface area contributed by atoms with Crippen LogP contribution in [0, 0.1) is 5.82 Å². The second kappa shape index (κ2) is 7.96. The van der Waals surface area contributed by atoms with Crippen LogP contribution in [0.2, 0.25) is 0 Å². The number of hydrogen-bond donors (Lipinski definition) is 3. The summed E-state index contributed by atoms with van der Waals surface area (Å²) in [6.45, 7) is 0.304. The third kappa shape index (κ3) is 3.59. The van der Waals surface area contributed by atoms with Crippen molar-refractivity contribution < 1.29 is 23.0 Å². The molecule has 8 nitrogen and oxygen atoms in total. The van der Waals surface area contributed by atoms with Crippen LogP contribution in [-0.4, -0.2) is 32.9 Å². The number of fused-ring (bicyclic) bond motifs is 1. The van der Waals surface area contributed by atoms with E-state index in [1.54, 1.807) is 30.3 Å². The normalized spacial score (nSPS) is 19.5. The first kappa shape index (κ1) is 20.2. The molecule has 2 aromatic rings. The summed E-state index contributed by atoms with van der Waals surface area (Å²) in [7, 11) is -1.93. The van der Waals surface area contributed by atoms with E-state index in [9.17, 15) is 23.0 Å². The van der Waals surface area contributed by atoms with Gasteiger partial charge in [-0.15, -0.1) is 0 Å². The van der Waals surface area contributed by atoms with Gasteiger partial charge in [-0.1, -0.05) is 18.2 Å². The fourth-order valence-electron chi connectivity index (χ4n) is 3.79. The Morgan fingerprint density at radius 2 is 1.97 bits per heavy atom. The summed E-state index contributed by atoms with van der Waals surface area (Å²) in [5.41, 5.74) is 2.08. The minimum absolute atomic E-state index is 0.0770. The van der Waals surface area contributed by atoms with Crippen molar-refractivity contribution in [3.63, 3.8) is 0 Å². The predicted molar refractivity (Wildman–Crippen MR) is 107 cm³/mol. The van der Waals surface area contributed by atoms with Crippen molar-refractivity contribution >= 4 is 34.4 Å². The molecule has 0 saturated carbocycles. The molecule has 4 N–H and O–H groups in total. The number of imide groups is 1. The standard InChI is InChI=1S/C20H19FN4O4S/c21-18-11(3-1-6-16(18)30(22)29)9-23-14-5-2-4-12-13(14)10-25(20(12)28)15-7-8-17(26)24-19(15)27/h1-6,15,23H,7-10,22H2,(H,24,26,27)/t15-,30?/m0/s1. The lowest BCUT2D eigenvalue weighted by molar-refractivity contribution is -0.136. The van der Waals surface area contributed by atoms with E-state index >= 15 is 0 Å². The van der Waals surface area contributed by atoms with Crippen molar-refractivity contribution in [2.24, 2.45) is 5.14 Å². The molecule has 0 radical (unpaired) electrons. The second-order valence-electron chi connectivity index (χ2n) is 7.11. The zero-order chi connectivity index (χ0) is 21.4. The van der Waals surface area contributed by atoms with Crippen molar-refractivity contribution in [3.8, 4) is 0 Å². The zero-order valence-corrected chi connectivity index (χ0v) is 16.6. The molecule has 1 fully saturated rings. The highest BCUT2D eigenvalue weighted by atomic mass is 32.2. The number of nitrogens with two attached hydrogens (primary N) is 1. The summed E-state index contributed by atoms with van der Waals surface area (Å²) in [6.07, 6.45) is 0.459. The highest BCUT2D eigenvalue weighted by molar-refractivity contribution is 7.82. The lowest BCUT2D eigenvalue weighted by Crippen LogP contribution is -2.52. The van der Waals surface area contributed by atoms with Crippen molar-refractivity contribution in [1.82, 2.24) is 10.2 Å². The van der Waals surface area contributed by atoms with Gasteiger partial charge in [0.25, 0.3) is 5.91 Å². The fraction of sp³-hybridized carbons (Fsp3) is 0.250. The molecule has 1 saturated heterocycles. The Hall–Kier alpha value is -3.11. The molecule has 3 amide bonds. The molecule has 2 aliphatic rings. The summed E-state index contributed by atoms with van der Waals surface area (Å²) >= 11 is 0. The number of rotatable bonds is 5. The monoisotopic (exact) mass is 430 g/mol. The Labute approximate surface area is 174 Å². The molecule has 10 heteroatoms. The number of halogens is 1. The van der Waals surface area contributed by atoms with Crippen LogP contribution in [0.5, 0.6) is 0 Å². The van der Waals surface area contributed by atoms with Gasteiger partial charge in [-0.05, 0) is 24.6 Å². The minimum atomic E-state index is -1.93. The van der Waals surface area contributed by atoms with Gasteiger partial charge >= 0.3 is 0 Å². The van der Waals surface area contributed by atoms with E-state index in [4.69, 9.17) is 5.14 Å². The van der Waals surface area contributed by atoms with Crippen LogP contribution in [0.4, 0.5) is 10.1 Å². The molecule has 0 aliphatic carbocycles. The topological polar surface area (TPSA) is 122 Å². The summed E-state index contributed by atoms with van der Waals surface area (Å²) in [5, 5.41) is 10.7. The maximum Gasteiger partial charge on any atom is 0.255 e. The van der Waals surface area contributed by atoms with E-state index in [1.807, 2.05) is 0 Å². The molecular formula is C20H19FN4O4S. The number of carbonyl (C=O) groups is 3. The number of piperidine rings is 1. The number of nitrogens with one attached hydrogen (secondary N) is 2. The van der Waals surface area contributed by atoms with Crippen LogP contribution in [-0.2, 0) is 33.7 Å². The Morgan fingerprint density at radius 1 is 1.20 bits per heavy atom. The number of hydrogen-bond acceptors (Lipinski definition) is 5. The van der Waals surface area contributed by atoms with Gasteiger partial charge in [0.2, 0.25) is 11.8 Å². The highest BCUT2D eigenvalue weighted by Gasteiger charge is 2.39. The van der Waals surface area contributed by atoms with Gasteiger partial charge in [0.1, 0.15) is 22.8 Å². The molecule has 2 aliphatic heterocycles. The van der Waals surface area contributed by atoms with Gasteiger partial charge in [-0.3, -0.25) is 19.7 Å². The van der Waals surface area contributed by atoms with E-state index in [1.165, 1.54) is 11.0 Å². The smallest absolute Gasteiger partial charge is 0.255 e. The number of benzene rings is 2. The minimum Gasteiger partial charge on any atom is -0.381 e. The number of amides is 3. The number of anilines is 1. The lowest BCUT2D eigenvalue weighted by atomic mass is 10.0. The van der Waals surface area contributed by atoms with E-state index in [0.717, 1.165) is 0 Å². The van der Waals surface area contributed by atoms with Crippen LogP contribution in [0.25, 0.3) is 0 Å². The van der Waals surface area contributed by atoms with Crippen LogP contribution >= 0.6 is 0 Å². The van der Waals surface area contributed by atoms with Gasteiger partial charge < -0.3 is 10.2 Å².